The molecule has 2 heterocycles. The highest BCUT2D eigenvalue weighted by Gasteiger charge is 2.25. The van der Waals surface area contributed by atoms with E-state index >= 15 is 0 Å². The van der Waals surface area contributed by atoms with Crippen molar-refractivity contribution in [2.24, 2.45) is 0 Å². The molecular weight excluding hydrogens is 316 g/mol. The molecule has 0 bridgehead atoms. The molecule has 1 fully saturated rings. The Morgan fingerprint density at radius 2 is 2.00 bits per heavy atom. The molecule has 2 aromatic rings. The van der Waals surface area contributed by atoms with Gasteiger partial charge in [-0.1, -0.05) is 17.7 Å². The highest BCUT2D eigenvalue weighted by atomic mass is 16.5. The standard InChI is InChI=1S/C20H26N2O3/c1-16-6-8-17(9-7-16)24-14-10-20(23)21-15-18(19-5-4-13-25-19)22-11-2-3-12-22/h4-9,13,18H,2-3,10-12,14-15H2,1H3,(H,21,23)/t18-/m0/s1. The van der Waals surface area contributed by atoms with Gasteiger partial charge in [-0.25, -0.2) is 0 Å². The summed E-state index contributed by atoms with van der Waals surface area (Å²) in [7, 11) is 0. The Labute approximate surface area is 149 Å². The van der Waals surface area contributed by atoms with Crippen LogP contribution >= 0.6 is 0 Å². The summed E-state index contributed by atoms with van der Waals surface area (Å²) in [6, 6.07) is 11.8. The van der Waals surface area contributed by atoms with E-state index in [1.165, 1.54) is 18.4 Å². The normalized spacial score (nSPS) is 15.9. The van der Waals surface area contributed by atoms with Gasteiger partial charge in [-0.15, -0.1) is 0 Å². The van der Waals surface area contributed by atoms with Gasteiger partial charge in [0.05, 0.1) is 25.3 Å². The second-order valence-electron chi connectivity index (χ2n) is 6.49. The van der Waals surface area contributed by atoms with E-state index in [4.69, 9.17) is 9.15 Å². The number of hydrogen-bond donors (Lipinski definition) is 1. The molecule has 0 radical (unpaired) electrons. The van der Waals surface area contributed by atoms with Crippen LogP contribution in [0.25, 0.3) is 0 Å². The average Bonchev–Trinajstić information content (AvgIpc) is 3.31. The van der Waals surface area contributed by atoms with E-state index in [2.05, 4.69) is 10.2 Å². The SMILES string of the molecule is Cc1ccc(OCCC(=O)NC[C@@H](c2ccco2)N2CCCC2)cc1. The maximum Gasteiger partial charge on any atom is 0.223 e. The van der Waals surface area contributed by atoms with Crippen molar-refractivity contribution in [2.75, 3.05) is 26.2 Å². The van der Waals surface area contributed by atoms with Crippen LogP contribution < -0.4 is 10.1 Å². The Balaban J connectivity index is 1.44. The highest BCUT2D eigenvalue weighted by molar-refractivity contribution is 5.76. The summed E-state index contributed by atoms with van der Waals surface area (Å²) in [6.07, 6.45) is 4.44. The lowest BCUT2D eigenvalue weighted by atomic mass is 10.2. The predicted octanol–water partition coefficient (Wildman–Crippen LogP) is 3.31. The number of aryl methyl sites for hydroxylation is 1. The fourth-order valence-corrected chi connectivity index (χ4v) is 3.14. The van der Waals surface area contributed by atoms with Crippen LogP contribution in [-0.4, -0.2) is 37.0 Å². The van der Waals surface area contributed by atoms with E-state index in [9.17, 15) is 4.79 Å². The Hall–Kier alpha value is -2.27. The first-order valence-corrected chi connectivity index (χ1v) is 8.96. The molecule has 1 N–H and O–H groups in total. The Bertz CT molecular complexity index is 646. The second-order valence-corrected chi connectivity index (χ2v) is 6.49. The summed E-state index contributed by atoms with van der Waals surface area (Å²) in [4.78, 5) is 14.5. The van der Waals surface area contributed by atoms with Crippen molar-refractivity contribution in [2.45, 2.75) is 32.2 Å². The maximum absolute atomic E-state index is 12.1. The zero-order valence-corrected chi connectivity index (χ0v) is 14.7. The minimum absolute atomic E-state index is 0.00265. The predicted molar refractivity (Wildman–Crippen MR) is 96.6 cm³/mol. The monoisotopic (exact) mass is 342 g/mol. The van der Waals surface area contributed by atoms with Gasteiger partial charge < -0.3 is 14.5 Å². The highest BCUT2D eigenvalue weighted by Crippen LogP contribution is 2.24. The molecule has 1 saturated heterocycles. The van der Waals surface area contributed by atoms with Crippen LogP contribution in [0.1, 0.15) is 36.6 Å². The molecule has 0 aliphatic carbocycles. The van der Waals surface area contributed by atoms with Crippen molar-refractivity contribution in [3.63, 3.8) is 0 Å². The van der Waals surface area contributed by atoms with Crippen molar-refractivity contribution in [1.29, 1.82) is 0 Å². The number of hydrogen-bond acceptors (Lipinski definition) is 4. The molecule has 0 saturated carbocycles. The lowest BCUT2D eigenvalue weighted by Gasteiger charge is -2.26. The molecule has 1 aromatic carbocycles. The molecule has 3 rings (SSSR count). The molecule has 1 amide bonds. The van der Waals surface area contributed by atoms with Crippen molar-refractivity contribution < 1.29 is 13.9 Å². The van der Waals surface area contributed by atoms with E-state index in [1.54, 1.807) is 6.26 Å². The Morgan fingerprint density at radius 1 is 1.24 bits per heavy atom. The molecule has 1 atom stereocenters. The summed E-state index contributed by atoms with van der Waals surface area (Å²) >= 11 is 0. The molecule has 134 valence electrons. The maximum atomic E-state index is 12.1. The van der Waals surface area contributed by atoms with Crippen molar-refractivity contribution in [3.05, 3.63) is 54.0 Å². The van der Waals surface area contributed by atoms with Gasteiger partial charge in [0.25, 0.3) is 0 Å². The summed E-state index contributed by atoms with van der Waals surface area (Å²) in [5.74, 6) is 1.71. The van der Waals surface area contributed by atoms with Crippen molar-refractivity contribution in [1.82, 2.24) is 10.2 Å². The number of benzene rings is 1. The van der Waals surface area contributed by atoms with Gasteiger partial charge in [0.1, 0.15) is 11.5 Å². The fourth-order valence-electron chi connectivity index (χ4n) is 3.14. The lowest BCUT2D eigenvalue weighted by Crippen LogP contribution is -2.37. The van der Waals surface area contributed by atoms with Gasteiger partial charge in [-0.2, -0.15) is 0 Å². The van der Waals surface area contributed by atoms with Gasteiger partial charge >= 0.3 is 0 Å². The topological polar surface area (TPSA) is 54.7 Å². The third-order valence-electron chi connectivity index (χ3n) is 4.56. The first-order valence-electron chi connectivity index (χ1n) is 8.96. The lowest BCUT2D eigenvalue weighted by molar-refractivity contribution is -0.121. The molecule has 5 nitrogen and oxygen atoms in total. The smallest absolute Gasteiger partial charge is 0.223 e. The first kappa shape index (κ1) is 17.5. The van der Waals surface area contributed by atoms with Gasteiger partial charge in [0, 0.05) is 6.54 Å². The van der Waals surface area contributed by atoms with Crippen molar-refractivity contribution >= 4 is 5.91 Å². The van der Waals surface area contributed by atoms with Gasteiger partial charge in [-0.05, 0) is 57.1 Å². The molecule has 1 aliphatic rings. The minimum atomic E-state index is 0.00265. The third kappa shape index (κ3) is 5.10. The average molecular weight is 342 g/mol. The van der Waals surface area contributed by atoms with E-state index in [1.807, 2.05) is 43.3 Å². The quantitative estimate of drug-likeness (QED) is 0.800. The summed E-state index contributed by atoms with van der Waals surface area (Å²) in [5, 5.41) is 3.02. The van der Waals surface area contributed by atoms with Crippen LogP contribution in [0.15, 0.2) is 47.1 Å². The number of amides is 1. The molecule has 1 aromatic heterocycles. The van der Waals surface area contributed by atoms with Gasteiger partial charge in [0.2, 0.25) is 5.91 Å². The van der Waals surface area contributed by atoms with Crippen LogP contribution in [0.5, 0.6) is 5.75 Å². The molecule has 5 heteroatoms. The molecule has 1 aliphatic heterocycles. The molecule has 0 unspecified atom stereocenters. The second kappa shape index (κ2) is 8.72. The number of rotatable bonds is 8. The van der Waals surface area contributed by atoms with Gasteiger partial charge in [0.15, 0.2) is 0 Å². The largest absolute Gasteiger partial charge is 0.493 e. The fraction of sp³-hybridized carbons (Fsp3) is 0.450. The van der Waals surface area contributed by atoms with Crippen LogP contribution in [0.3, 0.4) is 0 Å². The minimum Gasteiger partial charge on any atom is -0.493 e. The van der Waals surface area contributed by atoms with Crippen LogP contribution in [0.2, 0.25) is 0 Å². The number of likely N-dealkylation sites (tertiary alicyclic amines) is 1. The van der Waals surface area contributed by atoms with Gasteiger partial charge in [-0.3, -0.25) is 9.69 Å². The van der Waals surface area contributed by atoms with Crippen molar-refractivity contribution in [3.8, 4) is 5.75 Å². The van der Waals surface area contributed by atoms with E-state index < -0.39 is 0 Å². The number of nitrogens with one attached hydrogen (secondary N) is 1. The van der Waals surface area contributed by atoms with E-state index in [-0.39, 0.29) is 11.9 Å². The Kier molecular flexibility index (Phi) is 6.12. The van der Waals surface area contributed by atoms with E-state index in [0.29, 0.717) is 19.6 Å². The molecule has 0 spiro atoms. The summed E-state index contributed by atoms with van der Waals surface area (Å²) in [6.45, 7) is 5.09. The number of nitrogens with zero attached hydrogens (tertiary/aromatic N) is 1. The van der Waals surface area contributed by atoms with Crippen LogP contribution in [0.4, 0.5) is 0 Å². The number of carbonyl (C=O) groups excluding carboxylic acids is 1. The van der Waals surface area contributed by atoms with Crippen LogP contribution in [0, 0.1) is 6.92 Å². The molecular formula is C20H26N2O3. The zero-order chi connectivity index (χ0) is 17.5. The first-order chi connectivity index (χ1) is 12.2. The summed E-state index contributed by atoms with van der Waals surface area (Å²) < 4.78 is 11.2. The number of carbonyl (C=O) groups is 1. The number of ether oxygens (including phenoxy) is 1. The van der Waals surface area contributed by atoms with Crippen LogP contribution in [-0.2, 0) is 4.79 Å². The third-order valence-corrected chi connectivity index (χ3v) is 4.56. The molecule has 25 heavy (non-hydrogen) atoms. The summed E-state index contributed by atoms with van der Waals surface area (Å²) in [5.41, 5.74) is 1.19. The van der Waals surface area contributed by atoms with E-state index in [0.717, 1.165) is 24.6 Å². The number of furan rings is 1. The Morgan fingerprint density at radius 3 is 2.68 bits per heavy atom. The zero-order valence-electron chi connectivity index (χ0n) is 14.7.